The highest BCUT2D eigenvalue weighted by Gasteiger charge is 2.22. The van der Waals surface area contributed by atoms with Crippen molar-refractivity contribution in [3.05, 3.63) is 41.0 Å². The number of nitrogens with one attached hydrogen (secondary N) is 1. The minimum atomic E-state index is 0.159. The highest BCUT2D eigenvalue weighted by atomic mass is 32.2. The van der Waals surface area contributed by atoms with Crippen molar-refractivity contribution in [2.75, 3.05) is 24.7 Å². The number of hydrogen-bond donors (Lipinski definition) is 1. The van der Waals surface area contributed by atoms with Gasteiger partial charge in [-0.25, -0.2) is 4.98 Å². The first kappa shape index (κ1) is 15.0. The molecule has 1 aromatic heterocycles. The fourth-order valence-electron chi connectivity index (χ4n) is 2.32. The summed E-state index contributed by atoms with van der Waals surface area (Å²) in [6.45, 7) is 4.72. The molecule has 0 amide bonds. The normalized spacial score (nSPS) is 18.8. The average Bonchev–Trinajstić information content (AvgIpc) is 2.99. The van der Waals surface area contributed by atoms with Crippen molar-refractivity contribution in [1.82, 2.24) is 10.3 Å². The lowest BCUT2D eigenvalue weighted by Gasteiger charge is -2.19. The molecule has 0 aliphatic carbocycles. The number of ether oxygens (including phenoxy) is 1. The Labute approximate surface area is 134 Å². The van der Waals surface area contributed by atoms with Crippen molar-refractivity contribution in [3.8, 4) is 10.4 Å². The Kier molecular flexibility index (Phi) is 5.30. The first-order valence-corrected chi connectivity index (χ1v) is 9.30. The topological polar surface area (TPSA) is 34.2 Å². The maximum Gasteiger partial charge on any atom is 0.123 e. The van der Waals surface area contributed by atoms with Gasteiger partial charge < -0.3 is 10.1 Å². The quantitative estimate of drug-likeness (QED) is 0.910. The highest BCUT2D eigenvalue weighted by Crippen LogP contribution is 2.36. The Bertz CT molecular complexity index is 565. The van der Waals surface area contributed by atoms with Crippen LogP contribution < -0.4 is 5.32 Å². The van der Waals surface area contributed by atoms with Crippen LogP contribution in [0.25, 0.3) is 10.4 Å². The summed E-state index contributed by atoms with van der Waals surface area (Å²) >= 11 is 3.73. The van der Waals surface area contributed by atoms with Crippen LogP contribution in [0.1, 0.15) is 23.7 Å². The second-order valence-corrected chi connectivity index (χ2v) is 7.09. The Balaban J connectivity index is 1.90. The summed E-state index contributed by atoms with van der Waals surface area (Å²) in [5.74, 6) is 2.11. The fourth-order valence-corrected chi connectivity index (χ4v) is 4.41. The van der Waals surface area contributed by atoms with Gasteiger partial charge in [-0.05, 0) is 12.1 Å². The molecule has 2 heterocycles. The fraction of sp³-hybridized carbons (Fsp3) is 0.438. The van der Waals surface area contributed by atoms with Crippen LogP contribution in [0, 0.1) is 0 Å². The van der Waals surface area contributed by atoms with Gasteiger partial charge in [-0.1, -0.05) is 37.3 Å². The minimum Gasteiger partial charge on any atom is -0.369 e. The van der Waals surface area contributed by atoms with Crippen molar-refractivity contribution >= 4 is 23.1 Å². The van der Waals surface area contributed by atoms with Crippen LogP contribution in [0.2, 0.25) is 0 Å². The molecule has 1 N–H and O–H groups in total. The molecule has 1 aliphatic heterocycles. The molecule has 2 aromatic rings. The van der Waals surface area contributed by atoms with Crippen LogP contribution in [-0.2, 0) is 11.3 Å². The Morgan fingerprint density at radius 3 is 2.90 bits per heavy atom. The van der Waals surface area contributed by atoms with E-state index >= 15 is 0 Å². The van der Waals surface area contributed by atoms with E-state index in [4.69, 9.17) is 9.72 Å². The lowest BCUT2D eigenvalue weighted by Crippen LogP contribution is -2.16. The molecule has 3 nitrogen and oxygen atoms in total. The number of benzene rings is 1. The van der Waals surface area contributed by atoms with E-state index in [1.165, 1.54) is 10.4 Å². The van der Waals surface area contributed by atoms with Crippen molar-refractivity contribution in [2.24, 2.45) is 0 Å². The molecule has 0 saturated carbocycles. The molecule has 112 valence electrons. The van der Waals surface area contributed by atoms with Crippen LogP contribution in [-0.4, -0.2) is 29.6 Å². The zero-order valence-electron chi connectivity index (χ0n) is 12.2. The van der Waals surface area contributed by atoms with Gasteiger partial charge in [0, 0.05) is 18.1 Å². The number of thiazole rings is 1. The van der Waals surface area contributed by atoms with E-state index in [2.05, 4.69) is 42.6 Å². The summed E-state index contributed by atoms with van der Waals surface area (Å²) in [5.41, 5.74) is 2.39. The van der Waals surface area contributed by atoms with Gasteiger partial charge >= 0.3 is 0 Å². The molecular formula is C16H20N2OS2. The van der Waals surface area contributed by atoms with Gasteiger partial charge in [0.1, 0.15) is 11.1 Å². The van der Waals surface area contributed by atoms with E-state index in [9.17, 15) is 0 Å². The molecule has 1 saturated heterocycles. The predicted molar refractivity (Wildman–Crippen MR) is 90.9 cm³/mol. The van der Waals surface area contributed by atoms with Gasteiger partial charge in [0.2, 0.25) is 0 Å². The summed E-state index contributed by atoms with van der Waals surface area (Å²) in [6, 6.07) is 10.5. The van der Waals surface area contributed by atoms with Crippen molar-refractivity contribution < 1.29 is 4.74 Å². The monoisotopic (exact) mass is 320 g/mol. The molecule has 0 bridgehead atoms. The van der Waals surface area contributed by atoms with Gasteiger partial charge in [-0.15, -0.1) is 11.3 Å². The molecule has 0 radical (unpaired) electrons. The standard InChI is InChI=1S/C16H20N2OS2/c1-2-17-10-13-15(12-6-4-3-5-7-12)21-16(18-13)14-11-20-9-8-19-14/h3-7,14,17H,2,8-11H2,1H3. The van der Waals surface area contributed by atoms with Crippen molar-refractivity contribution in [3.63, 3.8) is 0 Å². The predicted octanol–water partition coefficient (Wildman–Crippen LogP) is 3.72. The molecular weight excluding hydrogens is 300 g/mol. The summed E-state index contributed by atoms with van der Waals surface area (Å²) in [5, 5.41) is 4.51. The molecule has 1 unspecified atom stereocenters. The van der Waals surface area contributed by atoms with Gasteiger partial charge in [-0.3, -0.25) is 0 Å². The second kappa shape index (κ2) is 7.40. The molecule has 3 rings (SSSR count). The molecule has 21 heavy (non-hydrogen) atoms. The number of nitrogens with zero attached hydrogens (tertiary/aromatic N) is 1. The third kappa shape index (κ3) is 3.66. The summed E-state index contributed by atoms with van der Waals surface area (Å²) in [4.78, 5) is 6.13. The van der Waals surface area contributed by atoms with E-state index in [1.54, 1.807) is 11.3 Å². The minimum absolute atomic E-state index is 0.159. The lowest BCUT2D eigenvalue weighted by atomic mass is 10.1. The molecule has 1 atom stereocenters. The lowest BCUT2D eigenvalue weighted by molar-refractivity contribution is 0.0754. The molecule has 1 aliphatic rings. The maximum absolute atomic E-state index is 5.88. The second-order valence-electron chi connectivity index (χ2n) is 4.91. The third-order valence-electron chi connectivity index (χ3n) is 3.38. The van der Waals surface area contributed by atoms with Crippen LogP contribution >= 0.6 is 23.1 Å². The highest BCUT2D eigenvalue weighted by molar-refractivity contribution is 7.99. The average molecular weight is 320 g/mol. The first-order valence-electron chi connectivity index (χ1n) is 7.33. The maximum atomic E-state index is 5.88. The van der Waals surface area contributed by atoms with Crippen LogP contribution in [0.4, 0.5) is 0 Å². The van der Waals surface area contributed by atoms with E-state index in [1.807, 2.05) is 11.8 Å². The zero-order chi connectivity index (χ0) is 14.5. The van der Waals surface area contributed by atoms with E-state index in [-0.39, 0.29) is 6.10 Å². The van der Waals surface area contributed by atoms with Crippen molar-refractivity contribution in [1.29, 1.82) is 0 Å². The van der Waals surface area contributed by atoms with Gasteiger partial charge in [0.25, 0.3) is 0 Å². The number of aromatic nitrogens is 1. The summed E-state index contributed by atoms with van der Waals surface area (Å²) in [7, 11) is 0. The largest absolute Gasteiger partial charge is 0.369 e. The van der Waals surface area contributed by atoms with Gasteiger partial charge in [-0.2, -0.15) is 11.8 Å². The Morgan fingerprint density at radius 1 is 1.33 bits per heavy atom. The van der Waals surface area contributed by atoms with Crippen LogP contribution in [0.5, 0.6) is 0 Å². The molecule has 1 fully saturated rings. The molecule has 5 heteroatoms. The number of thioether (sulfide) groups is 1. The summed E-state index contributed by atoms with van der Waals surface area (Å²) in [6.07, 6.45) is 0.159. The van der Waals surface area contributed by atoms with Crippen LogP contribution in [0.15, 0.2) is 30.3 Å². The summed E-state index contributed by atoms with van der Waals surface area (Å²) < 4.78 is 5.88. The zero-order valence-corrected chi connectivity index (χ0v) is 13.8. The molecule has 0 spiro atoms. The Morgan fingerprint density at radius 2 is 2.19 bits per heavy atom. The first-order chi connectivity index (χ1) is 10.4. The number of hydrogen-bond acceptors (Lipinski definition) is 5. The van der Waals surface area contributed by atoms with E-state index in [0.29, 0.717) is 0 Å². The van der Waals surface area contributed by atoms with Gasteiger partial charge in [0.05, 0.1) is 17.2 Å². The van der Waals surface area contributed by atoms with Crippen LogP contribution in [0.3, 0.4) is 0 Å². The SMILES string of the molecule is CCNCc1nc(C2CSCCO2)sc1-c1ccccc1. The smallest absolute Gasteiger partial charge is 0.123 e. The van der Waals surface area contributed by atoms with Gasteiger partial charge in [0.15, 0.2) is 0 Å². The molecule has 1 aromatic carbocycles. The third-order valence-corrected chi connectivity index (χ3v) is 5.62. The van der Waals surface area contributed by atoms with Crippen molar-refractivity contribution in [2.45, 2.75) is 19.6 Å². The van der Waals surface area contributed by atoms with E-state index in [0.717, 1.165) is 41.9 Å². The Hall–Kier alpha value is -0.880. The number of rotatable bonds is 5. The van der Waals surface area contributed by atoms with E-state index < -0.39 is 0 Å².